The van der Waals surface area contributed by atoms with Crippen molar-refractivity contribution in [3.8, 4) is 0 Å². The van der Waals surface area contributed by atoms with Crippen LogP contribution in [-0.2, 0) is 0 Å². The molecule has 0 aromatic heterocycles. The molecule has 3 aromatic rings. The summed E-state index contributed by atoms with van der Waals surface area (Å²) in [5, 5.41) is 0. The highest BCUT2D eigenvalue weighted by Gasteiger charge is 2.24. The summed E-state index contributed by atoms with van der Waals surface area (Å²) in [5.74, 6) is -1.99. The SMILES string of the molecule is CN(C(=O)c1cc(F)cc(F)c1)C(c1ccccc1)c1ccccc1. The van der Waals surface area contributed by atoms with Crippen LogP contribution in [0.1, 0.15) is 27.5 Å². The zero-order valence-electron chi connectivity index (χ0n) is 13.7. The van der Waals surface area contributed by atoms with E-state index < -0.39 is 17.5 Å². The average molecular weight is 337 g/mol. The minimum Gasteiger partial charge on any atom is -0.331 e. The lowest BCUT2D eigenvalue weighted by Crippen LogP contribution is -2.32. The van der Waals surface area contributed by atoms with Gasteiger partial charge in [-0.3, -0.25) is 4.79 Å². The second kappa shape index (κ2) is 7.26. The molecule has 3 aromatic carbocycles. The molecule has 0 saturated carbocycles. The van der Waals surface area contributed by atoms with E-state index in [0.717, 1.165) is 29.3 Å². The van der Waals surface area contributed by atoms with Crippen molar-refractivity contribution >= 4 is 5.91 Å². The molecule has 0 aliphatic rings. The number of carbonyl (C=O) groups excluding carboxylic acids is 1. The largest absolute Gasteiger partial charge is 0.331 e. The Kier molecular flexibility index (Phi) is 4.89. The van der Waals surface area contributed by atoms with Crippen molar-refractivity contribution in [3.63, 3.8) is 0 Å². The second-order valence-corrected chi connectivity index (χ2v) is 5.80. The third-order valence-electron chi connectivity index (χ3n) is 4.05. The first kappa shape index (κ1) is 16.8. The number of amides is 1. The van der Waals surface area contributed by atoms with Gasteiger partial charge in [-0.25, -0.2) is 8.78 Å². The van der Waals surface area contributed by atoms with Crippen LogP contribution < -0.4 is 0 Å². The predicted octanol–water partition coefficient (Wildman–Crippen LogP) is 4.83. The molecular formula is C21H17F2NO. The number of benzene rings is 3. The molecule has 0 bridgehead atoms. The molecule has 0 atom stereocenters. The number of carbonyl (C=O) groups is 1. The van der Waals surface area contributed by atoms with Gasteiger partial charge in [0.25, 0.3) is 5.91 Å². The van der Waals surface area contributed by atoms with Gasteiger partial charge in [-0.2, -0.15) is 0 Å². The molecule has 25 heavy (non-hydrogen) atoms. The lowest BCUT2D eigenvalue weighted by molar-refractivity contribution is 0.0754. The molecule has 0 radical (unpaired) electrons. The van der Waals surface area contributed by atoms with Crippen LogP contribution >= 0.6 is 0 Å². The molecule has 126 valence electrons. The fourth-order valence-electron chi connectivity index (χ4n) is 2.91. The monoisotopic (exact) mass is 337 g/mol. The van der Waals surface area contributed by atoms with Crippen molar-refractivity contribution < 1.29 is 13.6 Å². The summed E-state index contributed by atoms with van der Waals surface area (Å²) in [7, 11) is 1.63. The van der Waals surface area contributed by atoms with Crippen molar-refractivity contribution in [3.05, 3.63) is 107 Å². The third kappa shape index (κ3) is 3.74. The predicted molar refractivity (Wildman–Crippen MR) is 93.2 cm³/mol. The highest BCUT2D eigenvalue weighted by molar-refractivity contribution is 5.94. The lowest BCUT2D eigenvalue weighted by atomic mass is 9.97. The molecule has 2 nitrogen and oxygen atoms in total. The van der Waals surface area contributed by atoms with Crippen LogP contribution in [0.15, 0.2) is 78.9 Å². The Morgan fingerprint density at radius 2 is 1.24 bits per heavy atom. The minimum atomic E-state index is -0.771. The van der Waals surface area contributed by atoms with Gasteiger partial charge in [0.05, 0.1) is 6.04 Å². The van der Waals surface area contributed by atoms with Gasteiger partial charge in [-0.05, 0) is 23.3 Å². The van der Waals surface area contributed by atoms with Crippen molar-refractivity contribution in [2.24, 2.45) is 0 Å². The van der Waals surface area contributed by atoms with Crippen LogP contribution in [-0.4, -0.2) is 17.9 Å². The van der Waals surface area contributed by atoms with E-state index in [0.29, 0.717) is 0 Å². The van der Waals surface area contributed by atoms with Gasteiger partial charge in [-0.15, -0.1) is 0 Å². The Labute approximate surface area is 145 Å². The zero-order valence-corrected chi connectivity index (χ0v) is 13.7. The molecule has 1 amide bonds. The van der Waals surface area contributed by atoms with E-state index in [1.54, 1.807) is 7.05 Å². The lowest BCUT2D eigenvalue weighted by Gasteiger charge is -2.29. The second-order valence-electron chi connectivity index (χ2n) is 5.80. The van der Waals surface area contributed by atoms with E-state index in [4.69, 9.17) is 0 Å². The summed E-state index contributed by atoms with van der Waals surface area (Å²) in [4.78, 5) is 14.3. The summed E-state index contributed by atoms with van der Waals surface area (Å²) in [6.07, 6.45) is 0. The molecule has 0 aliphatic carbocycles. The van der Waals surface area contributed by atoms with E-state index in [1.165, 1.54) is 4.90 Å². The zero-order chi connectivity index (χ0) is 17.8. The van der Waals surface area contributed by atoms with E-state index in [9.17, 15) is 13.6 Å². The van der Waals surface area contributed by atoms with Crippen LogP contribution in [0.2, 0.25) is 0 Å². The summed E-state index contributed by atoms with van der Waals surface area (Å²) >= 11 is 0. The van der Waals surface area contributed by atoms with Gasteiger partial charge >= 0.3 is 0 Å². The first-order chi connectivity index (χ1) is 12.1. The number of halogens is 2. The summed E-state index contributed by atoms with van der Waals surface area (Å²) in [5.41, 5.74) is 1.82. The molecule has 4 heteroatoms. The van der Waals surface area contributed by atoms with Crippen LogP contribution in [0.4, 0.5) is 8.78 Å². The molecule has 0 unspecified atom stereocenters. The molecule has 0 aliphatic heterocycles. The molecule has 0 N–H and O–H groups in total. The summed E-state index contributed by atoms with van der Waals surface area (Å²) in [6, 6.07) is 21.6. The van der Waals surface area contributed by atoms with Gasteiger partial charge in [0.15, 0.2) is 0 Å². The van der Waals surface area contributed by atoms with Crippen LogP contribution in [0.3, 0.4) is 0 Å². The third-order valence-corrected chi connectivity index (χ3v) is 4.05. The van der Waals surface area contributed by atoms with Crippen LogP contribution in [0.5, 0.6) is 0 Å². The fraction of sp³-hybridized carbons (Fsp3) is 0.0952. The Morgan fingerprint density at radius 3 is 1.68 bits per heavy atom. The number of rotatable bonds is 4. The highest BCUT2D eigenvalue weighted by Crippen LogP contribution is 2.28. The Morgan fingerprint density at radius 1 is 0.800 bits per heavy atom. The van der Waals surface area contributed by atoms with Crippen molar-refractivity contribution in [2.45, 2.75) is 6.04 Å². The molecule has 3 rings (SSSR count). The van der Waals surface area contributed by atoms with Crippen molar-refractivity contribution in [2.75, 3.05) is 7.05 Å². The van der Waals surface area contributed by atoms with Gasteiger partial charge in [0, 0.05) is 18.7 Å². The fourth-order valence-corrected chi connectivity index (χ4v) is 2.91. The topological polar surface area (TPSA) is 20.3 Å². The van der Waals surface area contributed by atoms with Gasteiger partial charge < -0.3 is 4.90 Å². The van der Waals surface area contributed by atoms with Gasteiger partial charge in [0.2, 0.25) is 0 Å². The molecule has 0 saturated heterocycles. The van der Waals surface area contributed by atoms with Crippen LogP contribution in [0, 0.1) is 11.6 Å². The Hall–Kier alpha value is -3.01. The normalized spacial score (nSPS) is 10.7. The number of hydrogen-bond acceptors (Lipinski definition) is 1. The van der Waals surface area contributed by atoms with Gasteiger partial charge in [0.1, 0.15) is 11.6 Å². The standard InChI is InChI=1S/C21H17F2NO/c1-24(21(25)17-12-18(22)14-19(23)13-17)20(15-8-4-2-5-9-15)16-10-6-3-7-11-16/h2-14,20H,1H3. The minimum absolute atomic E-state index is 0.0168. The number of hydrogen-bond donors (Lipinski definition) is 0. The van der Waals surface area contributed by atoms with Gasteiger partial charge in [-0.1, -0.05) is 60.7 Å². The van der Waals surface area contributed by atoms with E-state index in [-0.39, 0.29) is 11.6 Å². The van der Waals surface area contributed by atoms with Crippen molar-refractivity contribution in [1.29, 1.82) is 0 Å². The number of nitrogens with zero attached hydrogens (tertiary/aromatic N) is 1. The average Bonchev–Trinajstić information content (AvgIpc) is 2.62. The smallest absolute Gasteiger partial charge is 0.254 e. The van der Waals surface area contributed by atoms with E-state index >= 15 is 0 Å². The Bertz CT molecular complexity index is 806. The maximum Gasteiger partial charge on any atom is 0.254 e. The molecular weight excluding hydrogens is 320 g/mol. The van der Waals surface area contributed by atoms with E-state index in [1.807, 2.05) is 60.7 Å². The van der Waals surface area contributed by atoms with Crippen LogP contribution in [0.25, 0.3) is 0 Å². The molecule has 0 spiro atoms. The quantitative estimate of drug-likeness (QED) is 0.668. The molecule has 0 heterocycles. The van der Waals surface area contributed by atoms with Crippen molar-refractivity contribution in [1.82, 2.24) is 4.90 Å². The Balaban J connectivity index is 2.02. The van der Waals surface area contributed by atoms with E-state index in [2.05, 4.69) is 0 Å². The summed E-state index contributed by atoms with van der Waals surface area (Å²) < 4.78 is 27.0. The maximum atomic E-state index is 13.5. The highest BCUT2D eigenvalue weighted by atomic mass is 19.1. The maximum absolute atomic E-state index is 13.5. The molecule has 0 fully saturated rings. The first-order valence-electron chi connectivity index (χ1n) is 7.89. The first-order valence-corrected chi connectivity index (χ1v) is 7.89. The summed E-state index contributed by atoms with van der Waals surface area (Å²) in [6.45, 7) is 0.